The Bertz CT molecular complexity index is 524. The van der Waals surface area contributed by atoms with Gasteiger partial charge in [-0.15, -0.1) is 0 Å². The van der Waals surface area contributed by atoms with Crippen molar-refractivity contribution in [3.8, 4) is 0 Å². The van der Waals surface area contributed by atoms with Crippen LogP contribution in [0.25, 0.3) is 0 Å². The molecule has 6 heteroatoms. The van der Waals surface area contributed by atoms with Crippen molar-refractivity contribution in [2.24, 2.45) is 11.7 Å². The van der Waals surface area contributed by atoms with Crippen molar-refractivity contribution in [2.75, 3.05) is 7.05 Å². The number of hydrogen-bond acceptors (Lipinski definition) is 3. The van der Waals surface area contributed by atoms with Gasteiger partial charge in [-0.3, -0.25) is 0 Å². The van der Waals surface area contributed by atoms with Gasteiger partial charge >= 0.3 is 0 Å². The summed E-state index contributed by atoms with van der Waals surface area (Å²) in [6.45, 7) is 2.51. The molecule has 0 aromatic carbocycles. The third kappa shape index (κ3) is 3.01. The molecule has 0 saturated heterocycles. The predicted octanol–water partition coefficient (Wildman–Crippen LogP) is 1.67. The average Bonchev–Trinajstić information content (AvgIpc) is 2.87. The highest BCUT2D eigenvalue weighted by Gasteiger charge is 2.31. The third-order valence-electron chi connectivity index (χ3n) is 4.04. The predicted molar refractivity (Wildman–Crippen MR) is 75.1 cm³/mol. The van der Waals surface area contributed by atoms with E-state index in [2.05, 4.69) is 11.9 Å². The summed E-state index contributed by atoms with van der Waals surface area (Å²) >= 11 is 0. The van der Waals surface area contributed by atoms with Crippen LogP contribution in [-0.2, 0) is 16.6 Å². The minimum absolute atomic E-state index is 0.116. The lowest BCUT2D eigenvalue weighted by atomic mass is 9.87. The van der Waals surface area contributed by atoms with Crippen molar-refractivity contribution in [3.63, 3.8) is 0 Å². The minimum atomic E-state index is -3.40. The molecule has 1 fully saturated rings. The van der Waals surface area contributed by atoms with Crippen LogP contribution in [-0.4, -0.2) is 30.8 Å². The van der Waals surface area contributed by atoms with Crippen molar-refractivity contribution < 1.29 is 8.42 Å². The second-order valence-corrected chi connectivity index (χ2v) is 7.51. The molecule has 108 valence electrons. The number of hydrogen-bond donors (Lipinski definition) is 2. The number of rotatable bonds is 4. The lowest BCUT2D eigenvalue weighted by molar-refractivity contribution is 0.239. The molecule has 1 aliphatic carbocycles. The monoisotopic (exact) mass is 285 g/mol. The molecule has 0 amide bonds. The molecule has 1 aromatic rings. The molecule has 2 atom stereocenters. The standard InChI is InChI=1S/C13H23N3O2S/c1-10-4-3-5-12(6-10)16(2)19(17,18)13-7-11(8-14)15-9-13/h7,9-10,12,15H,3-6,8,14H2,1-2H3. The average molecular weight is 285 g/mol. The zero-order valence-corrected chi connectivity index (χ0v) is 12.4. The van der Waals surface area contributed by atoms with Gasteiger partial charge in [0.2, 0.25) is 10.0 Å². The van der Waals surface area contributed by atoms with Gasteiger partial charge in [0.15, 0.2) is 0 Å². The second-order valence-electron chi connectivity index (χ2n) is 5.51. The number of H-pyrrole nitrogens is 1. The van der Waals surface area contributed by atoms with E-state index in [0.29, 0.717) is 17.4 Å². The Kier molecular flexibility index (Phi) is 4.32. The van der Waals surface area contributed by atoms with Gasteiger partial charge in [-0.1, -0.05) is 19.8 Å². The van der Waals surface area contributed by atoms with Gasteiger partial charge in [0.1, 0.15) is 0 Å². The lowest BCUT2D eigenvalue weighted by Crippen LogP contribution is -2.39. The molecule has 0 radical (unpaired) electrons. The van der Waals surface area contributed by atoms with Gasteiger partial charge in [0.05, 0.1) is 4.90 Å². The quantitative estimate of drug-likeness (QED) is 0.883. The molecule has 0 spiro atoms. The number of nitrogens with two attached hydrogens (primary N) is 1. The van der Waals surface area contributed by atoms with Crippen LogP contribution < -0.4 is 5.73 Å². The second kappa shape index (κ2) is 5.64. The summed E-state index contributed by atoms with van der Waals surface area (Å²) < 4.78 is 26.6. The summed E-state index contributed by atoms with van der Waals surface area (Å²) in [4.78, 5) is 3.21. The van der Waals surface area contributed by atoms with E-state index in [1.54, 1.807) is 13.1 Å². The molecular formula is C13H23N3O2S. The van der Waals surface area contributed by atoms with E-state index in [-0.39, 0.29) is 6.04 Å². The van der Waals surface area contributed by atoms with Crippen LogP contribution in [0, 0.1) is 5.92 Å². The lowest BCUT2D eigenvalue weighted by Gasteiger charge is -2.33. The number of sulfonamides is 1. The Hall–Kier alpha value is -0.850. The largest absolute Gasteiger partial charge is 0.363 e. The first-order valence-electron chi connectivity index (χ1n) is 6.80. The maximum absolute atomic E-state index is 12.5. The minimum Gasteiger partial charge on any atom is -0.363 e. The van der Waals surface area contributed by atoms with Crippen LogP contribution in [0.1, 0.15) is 38.3 Å². The van der Waals surface area contributed by atoms with Crippen molar-refractivity contribution in [3.05, 3.63) is 18.0 Å². The molecule has 1 aromatic heterocycles. The maximum Gasteiger partial charge on any atom is 0.244 e. The van der Waals surface area contributed by atoms with Crippen LogP contribution in [0.2, 0.25) is 0 Å². The van der Waals surface area contributed by atoms with E-state index >= 15 is 0 Å². The normalized spacial score (nSPS) is 24.8. The molecule has 1 saturated carbocycles. The van der Waals surface area contributed by atoms with Gasteiger partial charge < -0.3 is 10.7 Å². The maximum atomic E-state index is 12.5. The van der Waals surface area contributed by atoms with E-state index < -0.39 is 10.0 Å². The van der Waals surface area contributed by atoms with Gasteiger partial charge in [0.25, 0.3) is 0 Å². The third-order valence-corrected chi connectivity index (χ3v) is 5.92. The van der Waals surface area contributed by atoms with Gasteiger partial charge in [-0.25, -0.2) is 8.42 Å². The molecule has 1 aliphatic rings. The van der Waals surface area contributed by atoms with Crippen LogP contribution in [0.5, 0.6) is 0 Å². The first-order chi connectivity index (χ1) is 8.95. The fourth-order valence-electron chi connectivity index (χ4n) is 2.78. The molecule has 5 nitrogen and oxygen atoms in total. The SMILES string of the molecule is CC1CCCC(N(C)S(=O)(=O)c2c[nH]c(CN)c2)C1. The Morgan fingerprint density at radius 3 is 2.79 bits per heavy atom. The Labute approximate surface area is 115 Å². The summed E-state index contributed by atoms with van der Waals surface area (Å²) in [6.07, 6.45) is 5.73. The van der Waals surface area contributed by atoms with Crippen molar-refractivity contribution in [1.29, 1.82) is 0 Å². The first kappa shape index (κ1) is 14.6. The zero-order chi connectivity index (χ0) is 14.0. The van der Waals surface area contributed by atoms with Crippen LogP contribution in [0.4, 0.5) is 0 Å². The number of nitrogens with one attached hydrogen (secondary N) is 1. The molecule has 19 heavy (non-hydrogen) atoms. The molecule has 2 unspecified atom stereocenters. The molecule has 3 N–H and O–H groups in total. The summed E-state index contributed by atoms with van der Waals surface area (Å²) in [5.41, 5.74) is 6.24. The zero-order valence-electron chi connectivity index (χ0n) is 11.6. The Morgan fingerprint density at radius 1 is 1.47 bits per heavy atom. The Morgan fingerprint density at radius 2 is 2.21 bits per heavy atom. The molecule has 0 bridgehead atoms. The first-order valence-corrected chi connectivity index (χ1v) is 8.24. The topological polar surface area (TPSA) is 79.2 Å². The summed E-state index contributed by atoms with van der Waals surface area (Å²) in [6, 6.07) is 1.74. The molecule has 0 aliphatic heterocycles. The highest BCUT2D eigenvalue weighted by atomic mass is 32.2. The van der Waals surface area contributed by atoms with Crippen LogP contribution in [0.3, 0.4) is 0 Å². The van der Waals surface area contributed by atoms with Crippen molar-refractivity contribution in [1.82, 2.24) is 9.29 Å². The van der Waals surface area contributed by atoms with Crippen LogP contribution in [0.15, 0.2) is 17.2 Å². The van der Waals surface area contributed by atoms with E-state index in [1.807, 2.05) is 0 Å². The number of aromatic nitrogens is 1. The number of nitrogens with zero attached hydrogens (tertiary/aromatic N) is 1. The number of aromatic amines is 1. The highest BCUT2D eigenvalue weighted by Crippen LogP contribution is 2.29. The van der Waals surface area contributed by atoms with Gasteiger partial charge in [0, 0.05) is 31.5 Å². The smallest absolute Gasteiger partial charge is 0.244 e. The van der Waals surface area contributed by atoms with E-state index in [0.717, 1.165) is 25.0 Å². The van der Waals surface area contributed by atoms with Gasteiger partial charge in [-0.05, 0) is 24.8 Å². The summed E-state index contributed by atoms with van der Waals surface area (Å²) in [5, 5.41) is 0. The van der Waals surface area contributed by atoms with Gasteiger partial charge in [-0.2, -0.15) is 4.31 Å². The highest BCUT2D eigenvalue weighted by molar-refractivity contribution is 7.89. The molecule has 1 heterocycles. The van der Waals surface area contributed by atoms with E-state index in [9.17, 15) is 8.42 Å². The Balaban J connectivity index is 2.18. The van der Waals surface area contributed by atoms with Crippen molar-refractivity contribution in [2.45, 2.75) is 50.1 Å². The fourth-order valence-corrected chi connectivity index (χ4v) is 4.20. The van der Waals surface area contributed by atoms with Crippen LogP contribution >= 0.6 is 0 Å². The molecular weight excluding hydrogens is 262 g/mol. The van der Waals surface area contributed by atoms with E-state index in [4.69, 9.17) is 5.73 Å². The fraction of sp³-hybridized carbons (Fsp3) is 0.692. The molecule has 2 rings (SSSR count). The summed E-state index contributed by atoms with van der Waals surface area (Å²) in [5.74, 6) is 0.599. The van der Waals surface area contributed by atoms with E-state index in [1.165, 1.54) is 16.9 Å². The summed E-state index contributed by atoms with van der Waals surface area (Å²) in [7, 11) is -1.72. The van der Waals surface area contributed by atoms with Crippen molar-refractivity contribution >= 4 is 10.0 Å².